The summed E-state index contributed by atoms with van der Waals surface area (Å²) in [6.45, 7) is 4.02. The molecule has 0 aliphatic heterocycles. The molecule has 1 amide bonds. The maximum Gasteiger partial charge on any atom is 0.267 e. The normalized spacial score (nSPS) is 10.8. The summed E-state index contributed by atoms with van der Waals surface area (Å²) >= 11 is 1.40. The topological polar surface area (TPSA) is 76.9 Å². The highest BCUT2D eigenvalue weighted by atomic mass is 32.1. The van der Waals surface area contributed by atoms with Gasteiger partial charge < -0.3 is 9.88 Å². The molecule has 0 spiro atoms. The fourth-order valence-corrected chi connectivity index (χ4v) is 3.66. The van der Waals surface area contributed by atoms with Crippen molar-refractivity contribution in [3.05, 3.63) is 63.6 Å². The van der Waals surface area contributed by atoms with Gasteiger partial charge in [-0.05, 0) is 31.9 Å². The summed E-state index contributed by atoms with van der Waals surface area (Å²) in [7, 11) is 1.77. The number of nitrogens with one attached hydrogen (secondary N) is 1. The molecule has 0 radical (unpaired) electrons. The molecule has 0 fully saturated rings. The van der Waals surface area contributed by atoms with Crippen molar-refractivity contribution >= 4 is 28.7 Å². The van der Waals surface area contributed by atoms with Crippen molar-refractivity contribution in [1.29, 1.82) is 0 Å². The third kappa shape index (κ3) is 4.31. The lowest BCUT2D eigenvalue weighted by Gasteiger charge is -2.07. The number of carbonyl (C=O) groups is 2. The van der Waals surface area contributed by atoms with E-state index in [1.807, 2.05) is 6.92 Å². The van der Waals surface area contributed by atoms with Crippen LogP contribution in [0.15, 0.2) is 36.7 Å². The van der Waals surface area contributed by atoms with Crippen LogP contribution in [0.2, 0.25) is 0 Å². The zero-order chi connectivity index (χ0) is 19.4. The number of aromatic nitrogens is 3. The third-order valence-electron chi connectivity index (χ3n) is 4.18. The predicted octanol–water partition coefficient (Wildman–Crippen LogP) is 4.01. The molecule has 0 bridgehead atoms. The predicted molar refractivity (Wildman–Crippen MR) is 106 cm³/mol. The van der Waals surface area contributed by atoms with E-state index < -0.39 is 0 Å². The molecular weight excluding hydrogens is 360 g/mol. The molecule has 7 heteroatoms. The van der Waals surface area contributed by atoms with E-state index in [2.05, 4.69) is 22.2 Å². The molecule has 2 heterocycles. The minimum absolute atomic E-state index is 0.184. The van der Waals surface area contributed by atoms with Gasteiger partial charge in [-0.25, -0.2) is 9.97 Å². The van der Waals surface area contributed by atoms with Crippen molar-refractivity contribution in [3.63, 3.8) is 0 Å². The molecule has 0 atom stereocenters. The Morgan fingerprint density at radius 1 is 1.30 bits per heavy atom. The van der Waals surface area contributed by atoms with Gasteiger partial charge in [0.25, 0.3) is 5.91 Å². The van der Waals surface area contributed by atoms with Crippen LogP contribution in [0.25, 0.3) is 0 Å². The van der Waals surface area contributed by atoms with Crippen LogP contribution >= 0.6 is 11.3 Å². The first-order valence-electron chi connectivity index (χ1n) is 8.89. The third-order valence-corrected chi connectivity index (χ3v) is 5.20. The standard InChI is InChI=1S/C20H22N4O2S/c1-4-5-9-16-18(27-13(2)22-16)20(26)23-15-8-6-7-14(12-15)17(25)19-21-10-11-24(19)3/h6-8,10-12H,4-5,9H2,1-3H3,(H,23,26). The van der Waals surface area contributed by atoms with E-state index >= 15 is 0 Å². The number of hydrogen-bond acceptors (Lipinski definition) is 5. The molecule has 1 aromatic carbocycles. The Bertz CT molecular complexity index is 974. The molecule has 0 aliphatic rings. The van der Waals surface area contributed by atoms with Crippen LogP contribution in [0.5, 0.6) is 0 Å². The van der Waals surface area contributed by atoms with E-state index in [0.717, 1.165) is 30.0 Å². The number of benzene rings is 1. The van der Waals surface area contributed by atoms with Crippen LogP contribution < -0.4 is 5.32 Å². The number of nitrogens with zero attached hydrogens (tertiary/aromatic N) is 3. The van der Waals surface area contributed by atoms with Gasteiger partial charge in [-0.1, -0.05) is 25.5 Å². The van der Waals surface area contributed by atoms with E-state index in [-0.39, 0.29) is 11.7 Å². The van der Waals surface area contributed by atoms with E-state index in [0.29, 0.717) is 22.0 Å². The quantitative estimate of drug-likeness (QED) is 0.626. The zero-order valence-electron chi connectivity index (χ0n) is 15.7. The van der Waals surface area contributed by atoms with Crippen molar-refractivity contribution < 1.29 is 9.59 Å². The van der Waals surface area contributed by atoms with E-state index in [9.17, 15) is 9.59 Å². The number of aryl methyl sites for hydroxylation is 3. The average Bonchev–Trinajstić information content (AvgIpc) is 3.25. The van der Waals surface area contributed by atoms with Gasteiger partial charge in [-0.15, -0.1) is 11.3 Å². The second-order valence-electron chi connectivity index (χ2n) is 6.34. The second kappa shape index (κ2) is 8.26. The van der Waals surface area contributed by atoms with Crippen molar-refractivity contribution in [2.75, 3.05) is 5.32 Å². The van der Waals surface area contributed by atoms with Gasteiger partial charge in [0.15, 0.2) is 5.82 Å². The van der Waals surface area contributed by atoms with Crippen molar-refractivity contribution in [3.8, 4) is 0 Å². The van der Waals surface area contributed by atoms with Gasteiger partial charge in [-0.3, -0.25) is 9.59 Å². The van der Waals surface area contributed by atoms with E-state index in [1.54, 1.807) is 48.3 Å². The fourth-order valence-electron chi connectivity index (χ4n) is 2.80. The number of unbranched alkanes of at least 4 members (excludes halogenated alkanes) is 1. The Morgan fingerprint density at radius 3 is 2.81 bits per heavy atom. The summed E-state index contributed by atoms with van der Waals surface area (Å²) < 4.78 is 1.67. The summed E-state index contributed by atoms with van der Waals surface area (Å²) in [4.78, 5) is 34.6. The van der Waals surface area contributed by atoms with Crippen LogP contribution in [0, 0.1) is 6.92 Å². The molecule has 1 N–H and O–H groups in total. The Morgan fingerprint density at radius 2 is 2.11 bits per heavy atom. The molecule has 27 heavy (non-hydrogen) atoms. The first-order chi connectivity index (χ1) is 13.0. The molecule has 6 nitrogen and oxygen atoms in total. The summed E-state index contributed by atoms with van der Waals surface area (Å²) in [5, 5.41) is 3.78. The van der Waals surface area contributed by atoms with Gasteiger partial charge in [0.05, 0.1) is 10.7 Å². The summed E-state index contributed by atoms with van der Waals surface area (Å²) in [6.07, 6.45) is 6.15. The first-order valence-corrected chi connectivity index (χ1v) is 9.71. The molecular formula is C20H22N4O2S. The van der Waals surface area contributed by atoms with Crippen LogP contribution in [0.3, 0.4) is 0 Å². The minimum atomic E-state index is -0.187. The van der Waals surface area contributed by atoms with Crippen LogP contribution in [0.4, 0.5) is 5.69 Å². The maximum absolute atomic E-state index is 12.7. The average molecular weight is 382 g/mol. The molecule has 2 aromatic heterocycles. The molecule has 0 aliphatic carbocycles. The molecule has 0 unspecified atom stereocenters. The number of rotatable bonds is 7. The number of ketones is 1. The molecule has 0 saturated carbocycles. The fraction of sp³-hybridized carbons (Fsp3) is 0.300. The van der Waals surface area contributed by atoms with E-state index in [4.69, 9.17) is 0 Å². The highest BCUT2D eigenvalue weighted by Gasteiger charge is 2.18. The zero-order valence-corrected chi connectivity index (χ0v) is 16.5. The van der Waals surface area contributed by atoms with Crippen LogP contribution in [-0.4, -0.2) is 26.2 Å². The molecule has 140 valence electrons. The van der Waals surface area contributed by atoms with Crippen molar-refractivity contribution in [1.82, 2.24) is 14.5 Å². The summed E-state index contributed by atoms with van der Waals surface area (Å²) in [6, 6.07) is 6.92. The lowest BCUT2D eigenvalue weighted by molar-refractivity contribution is 0.101. The molecule has 0 saturated heterocycles. The molecule has 3 aromatic rings. The van der Waals surface area contributed by atoms with Crippen LogP contribution in [-0.2, 0) is 13.5 Å². The van der Waals surface area contributed by atoms with Gasteiger partial charge in [0, 0.05) is 30.7 Å². The first kappa shape index (κ1) is 19.0. The monoisotopic (exact) mass is 382 g/mol. The summed E-state index contributed by atoms with van der Waals surface area (Å²) in [5.74, 6) is -0.0115. The highest BCUT2D eigenvalue weighted by Crippen LogP contribution is 2.22. The molecule has 3 rings (SSSR count). The maximum atomic E-state index is 12.7. The van der Waals surface area contributed by atoms with Crippen molar-refractivity contribution in [2.45, 2.75) is 33.1 Å². The lowest BCUT2D eigenvalue weighted by atomic mass is 10.1. The largest absolute Gasteiger partial charge is 0.331 e. The Labute approximate surface area is 162 Å². The van der Waals surface area contributed by atoms with Gasteiger partial charge >= 0.3 is 0 Å². The number of thiazole rings is 1. The lowest BCUT2D eigenvalue weighted by Crippen LogP contribution is -2.14. The Hall–Kier alpha value is -2.80. The minimum Gasteiger partial charge on any atom is -0.331 e. The van der Waals surface area contributed by atoms with Gasteiger partial charge in [-0.2, -0.15) is 0 Å². The number of hydrogen-bond donors (Lipinski definition) is 1. The van der Waals surface area contributed by atoms with Crippen LogP contribution in [0.1, 0.15) is 56.3 Å². The second-order valence-corrected chi connectivity index (χ2v) is 7.54. The Kier molecular flexibility index (Phi) is 5.81. The number of carbonyl (C=O) groups excluding carboxylic acids is 2. The summed E-state index contributed by atoms with van der Waals surface area (Å²) in [5.41, 5.74) is 1.90. The number of amides is 1. The smallest absolute Gasteiger partial charge is 0.267 e. The highest BCUT2D eigenvalue weighted by molar-refractivity contribution is 7.13. The SMILES string of the molecule is CCCCc1nc(C)sc1C(=O)Nc1cccc(C(=O)c2nccn2C)c1. The Balaban J connectivity index is 1.80. The van der Waals surface area contributed by atoms with Gasteiger partial charge in [0.2, 0.25) is 5.78 Å². The number of anilines is 1. The van der Waals surface area contributed by atoms with Crippen molar-refractivity contribution in [2.24, 2.45) is 7.05 Å². The number of imidazole rings is 1. The van der Waals surface area contributed by atoms with E-state index in [1.165, 1.54) is 11.3 Å². The van der Waals surface area contributed by atoms with Gasteiger partial charge in [0.1, 0.15) is 4.88 Å².